The lowest BCUT2D eigenvalue weighted by atomic mass is 9.84. The van der Waals surface area contributed by atoms with E-state index in [0.29, 0.717) is 12.5 Å². The number of piperidine rings is 2. The molecule has 0 bridgehead atoms. The maximum Gasteiger partial charge on any atom is 0.229 e. The Labute approximate surface area is 118 Å². The van der Waals surface area contributed by atoms with Gasteiger partial charge in [0.1, 0.15) is 6.17 Å². The number of hydrogen-bond acceptors (Lipinski definition) is 4. The Bertz CT molecular complexity index is 408. The molecule has 0 aliphatic carbocycles. The number of morpholine rings is 1. The largest absolute Gasteiger partial charge is 0.378 e. The van der Waals surface area contributed by atoms with Gasteiger partial charge < -0.3 is 9.64 Å². The summed E-state index contributed by atoms with van der Waals surface area (Å²) in [5, 5.41) is 3.62. The molecule has 20 heavy (non-hydrogen) atoms. The molecular formula is C14H22FN3O2. The van der Waals surface area contributed by atoms with Crippen LogP contribution in [0.25, 0.3) is 0 Å². The number of fused-ring (bicyclic) bond motifs is 4. The summed E-state index contributed by atoms with van der Waals surface area (Å²) >= 11 is 0. The molecule has 5 atom stereocenters. The number of hydrogen-bond donors (Lipinski definition) is 1. The number of alkyl halides is 1. The quantitative estimate of drug-likeness (QED) is 0.695. The molecule has 6 heteroatoms. The van der Waals surface area contributed by atoms with E-state index in [1.165, 1.54) is 0 Å². The first-order chi connectivity index (χ1) is 9.74. The molecule has 0 saturated carbocycles. The van der Waals surface area contributed by atoms with Crippen molar-refractivity contribution in [1.82, 2.24) is 15.1 Å². The minimum Gasteiger partial charge on any atom is -0.378 e. The van der Waals surface area contributed by atoms with Crippen LogP contribution in [0.5, 0.6) is 0 Å². The van der Waals surface area contributed by atoms with E-state index in [-0.39, 0.29) is 30.7 Å². The van der Waals surface area contributed by atoms with Crippen LogP contribution in [0.1, 0.15) is 25.7 Å². The van der Waals surface area contributed by atoms with Gasteiger partial charge in [-0.2, -0.15) is 0 Å². The molecule has 4 saturated heterocycles. The van der Waals surface area contributed by atoms with Crippen molar-refractivity contribution in [2.75, 3.05) is 26.3 Å². The minimum absolute atomic E-state index is 0.00843. The van der Waals surface area contributed by atoms with Crippen LogP contribution in [0.15, 0.2) is 0 Å². The molecule has 4 heterocycles. The van der Waals surface area contributed by atoms with Gasteiger partial charge in [0.2, 0.25) is 5.91 Å². The summed E-state index contributed by atoms with van der Waals surface area (Å²) in [7, 11) is 0. The molecule has 112 valence electrons. The summed E-state index contributed by atoms with van der Waals surface area (Å²) in [6.07, 6.45) is 2.48. The Morgan fingerprint density at radius 2 is 2.15 bits per heavy atom. The van der Waals surface area contributed by atoms with Crippen LogP contribution in [0.3, 0.4) is 0 Å². The highest BCUT2D eigenvalue weighted by Gasteiger charge is 2.49. The average Bonchev–Trinajstić information content (AvgIpc) is 2.48. The highest BCUT2D eigenvalue weighted by atomic mass is 19.1. The lowest BCUT2D eigenvalue weighted by Gasteiger charge is -2.55. The number of nitrogens with one attached hydrogen (secondary N) is 1. The van der Waals surface area contributed by atoms with Gasteiger partial charge in [-0.05, 0) is 25.7 Å². The number of rotatable bonds is 0. The SMILES string of the molecule is O=C1C2CC[C@@H]3COCCN3C2NC2CCC(F)CN12. The van der Waals surface area contributed by atoms with Crippen molar-refractivity contribution in [2.45, 2.75) is 50.2 Å². The molecule has 4 rings (SSSR count). The van der Waals surface area contributed by atoms with Crippen LogP contribution in [0.4, 0.5) is 4.39 Å². The molecule has 1 amide bonds. The van der Waals surface area contributed by atoms with Crippen LogP contribution < -0.4 is 5.32 Å². The van der Waals surface area contributed by atoms with E-state index in [1.54, 1.807) is 4.90 Å². The first kappa shape index (κ1) is 13.0. The Balaban J connectivity index is 1.56. The number of ether oxygens (including phenoxy) is 1. The zero-order valence-electron chi connectivity index (χ0n) is 11.6. The highest BCUT2D eigenvalue weighted by Crippen LogP contribution is 2.35. The van der Waals surface area contributed by atoms with Crippen molar-refractivity contribution in [3.05, 3.63) is 0 Å². The summed E-state index contributed by atoms with van der Waals surface area (Å²) in [6, 6.07) is 0.439. The van der Waals surface area contributed by atoms with Crippen molar-refractivity contribution < 1.29 is 13.9 Å². The first-order valence-electron chi connectivity index (χ1n) is 7.78. The monoisotopic (exact) mass is 283 g/mol. The third kappa shape index (κ3) is 1.96. The Hall–Kier alpha value is -0.720. The van der Waals surface area contributed by atoms with Crippen molar-refractivity contribution in [3.8, 4) is 0 Å². The van der Waals surface area contributed by atoms with E-state index in [9.17, 15) is 9.18 Å². The second kappa shape index (κ2) is 4.93. The number of carbonyl (C=O) groups is 1. The van der Waals surface area contributed by atoms with E-state index in [2.05, 4.69) is 10.2 Å². The number of nitrogens with zero attached hydrogens (tertiary/aromatic N) is 2. The topological polar surface area (TPSA) is 44.8 Å². The summed E-state index contributed by atoms with van der Waals surface area (Å²) in [5.41, 5.74) is 0. The Morgan fingerprint density at radius 3 is 3.05 bits per heavy atom. The normalized spacial score (nSPS) is 45.5. The van der Waals surface area contributed by atoms with Gasteiger partial charge in [0.25, 0.3) is 0 Å². The van der Waals surface area contributed by atoms with Crippen molar-refractivity contribution >= 4 is 5.91 Å². The van der Waals surface area contributed by atoms with Gasteiger partial charge in [-0.1, -0.05) is 0 Å². The molecule has 0 aromatic rings. The fourth-order valence-corrected chi connectivity index (χ4v) is 4.27. The van der Waals surface area contributed by atoms with Crippen LogP contribution in [0.2, 0.25) is 0 Å². The zero-order valence-corrected chi connectivity index (χ0v) is 11.6. The van der Waals surface area contributed by atoms with Crippen molar-refractivity contribution in [2.24, 2.45) is 5.92 Å². The van der Waals surface area contributed by atoms with E-state index in [4.69, 9.17) is 4.74 Å². The molecule has 0 aromatic heterocycles. The molecular weight excluding hydrogens is 261 g/mol. The lowest BCUT2D eigenvalue weighted by Crippen LogP contribution is -2.73. The average molecular weight is 283 g/mol. The highest BCUT2D eigenvalue weighted by molar-refractivity contribution is 5.81. The van der Waals surface area contributed by atoms with Gasteiger partial charge in [0.15, 0.2) is 0 Å². The summed E-state index contributed by atoms with van der Waals surface area (Å²) in [5.74, 6) is 0.150. The van der Waals surface area contributed by atoms with Crippen LogP contribution >= 0.6 is 0 Å². The van der Waals surface area contributed by atoms with Gasteiger partial charge in [-0.15, -0.1) is 0 Å². The second-order valence-corrected chi connectivity index (χ2v) is 6.44. The van der Waals surface area contributed by atoms with Gasteiger partial charge in [0, 0.05) is 12.6 Å². The molecule has 4 aliphatic heterocycles. The molecule has 4 aliphatic rings. The standard InChI is InChI=1S/C14H22FN3O2/c15-9-1-4-12-16-13-11(14(19)18(12)7-9)3-2-10-8-20-6-5-17(10)13/h9-13,16H,1-8H2/t9?,10-,11?,12?,13?/m1/s1. The fourth-order valence-electron chi connectivity index (χ4n) is 4.27. The predicted octanol–water partition coefficient (Wildman–Crippen LogP) is 0.313. The second-order valence-electron chi connectivity index (χ2n) is 6.44. The van der Waals surface area contributed by atoms with Crippen molar-refractivity contribution in [1.29, 1.82) is 0 Å². The lowest BCUT2D eigenvalue weighted by molar-refractivity contribution is -0.165. The van der Waals surface area contributed by atoms with E-state index in [0.717, 1.165) is 39.0 Å². The third-order valence-corrected chi connectivity index (χ3v) is 5.31. The molecule has 0 spiro atoms. The van der Waals surface area contributed by atoms with E-state index in [1.807, 2.05) is 0 Å². The summed E-state index contributed by atoms with van der Waals surface area (Å²) in [6.45, 7) is 2.69. The summed E-state index contributed by atoms with van der Waals surface area (Å²) < 4.78 is 19.1. The molecule has 5 nitrogen and oxygen atoms in total. The van der Waals surface area contributed by atoms with Gasteiger partial charge in [-0.25, -0.2) is 4.39 Å². The zero-order chi connectivity index (χ0) is 13.7. The smallest absolute Gasteiger partial charge is 0.229 e. The summed E-state index contributed by atoms with van der Waals surface area (Å²) in [4.78, 5) is 16.8. The molecule has 0 radical (unpaired) electrons. The van der Waals surface area contributed by atoms with Gasteiger partial charge >= 0.3 is 0 Å². The van der Waals surface area contributed by atoms with Crippen LogP contribution in [0, 0.1) is 5.92 Å². The predicted molar refractivity (Wildman–Crippen MR) is 70.6 cm³/mol. The molecule has 4 unspecified atom stereocenters. The molecule has 1 N–H and O–H groups in total. The van der Waals surface area contributed by atoms with Gasteiger partial charge in [0.05, 0.1) is 38.0 Å². The van der Waals surface area contributed by atoms with E-state index >= 15 is 0 Å². The Kier molecular flexibility index (Phi) is 3.20. The minimum atomic E-state index is -0.853. The fraction of sp³-hybridized carbons (Fsp3) is 0.929. The number of carbonyl (C=O) groups excluding carboxylic acids is 1. The Morgan fingerprint density at radius 1 is 1.25 bits per heavy atom. The van der Waals surface area contributed by atoms with Crippen molar-refractivity contribution in [3.63, 3.8) is 0 Å². The van der Waals surface area contributed by atoms with E-state index < -0.39 is 6.17 Å². The maximum absolute atomic E-state index is 13.6. The molecule has 0 aromatic carbocycles. The third-order valence-electron chi connectivity index (χ3n) is 5.31. The number of amides is 1. The maximum atomic E-state index is 13.6. The van der Waals surface area contributed by atoms with Crippen LogP contribution in [-0.2, 0) is 9.53 Å². The molecule has 4 fully saturated rings. The van der Waals surface area contributed by atoms with Gasteiger partial charge in [-0.3, -0.25) is 15.0 Å². The van der Waals surface area contributed by atoms with Crippen LogP contribution in [-0.4, -0.2) is 66.6 Å². The number of halogens is 1. The first-order valence-corrected chi connectivity index (χ1v) is 7.78.